The Kier molecular flexibility index (Phi) is 4.72. The highest BCUT2D eigenvalue weighted by atomic mass is 16.3. The quantitative estimate of drug-likeness (QED) is 0.380. The van der Waals surface area contributed by atoms with Crippen LogP contribution in [0.3, 0.4) is 0 Å². The van der Waals surface area contributed by atoms with Crippen molar-refractivity contribution in [3.05, 3.63) is 88.7 Å². The van der Waals surface area contributed by atoms with Gasteiger partial charge in [0.2, 0.25) is 5.91 Å². The summed E-state index contributed by atoms with van der Waals surface area (Å²) in [5.41, 5.74) is 13.6. The van der Waals surface area contributed by atoms with E-state index in [1.165, 1.54) is 11.1 Å². The maximum absolute atomic E-state index is 11.5. The molecule has 2 aliphatic heterocycles. The van der Waals surface area contributed by atoms with Gasteiger partial charge in [-0.2, -0.15) is 5.10 Å². The van der Waals surface area contributed by atoms with E-state index in [0.29, 0.717) is 17.1 Å². The third-order valence-corrected chi connectivity index (χ3v) is 6.64. The summed E-state index contributed by atoms with van der Waals surface area (Å²) in [5, 5.41) is 21.0. The van der Waals surface area contributed by atoms with E-state index < -0.39 is 18.1 Å². The number of aromatic nitrogens is 2. The van der Waals surface area contributed by atoms with Crippen molar-refractivity contribution < 1.29 is 9.90 Å². The largest absolute Gasteiger partial charge is 0.384 e. The van der Waals surface area contributed by atoms with Crippen LogP contribution in [-0.4, -0.2) is 44.9 Å². The Hall–Kier alpha value is -4.01. The Morgan fingerprint density at radius 3 is 2.53 bits per heavy atom. The van der Waals surface area contributed by atoms with Crippen LogP contribution in [0.1, 0.15) is 38.9 Å². The number of benzene rings is 3. The molecule has 2 unspecified atom stereocenters. The Morgan fingerprint density at radius 1 is 1.03 bits per heavy atom. The number of carbonyl (C=O) groups excluding carboxylic acids is 1. The van der Waals surface area contributed by atoms with Gasteiger partial charge in [0.05, 0.1) is 16.7 Å². The number of hydrazone groups is 1. The standard InChI is InChI=1S/C26H24N6O2/c1-32-23(26-29-20-10-18-12-28-13-19(18)11-21(20)30-26)24(33)22(31-32)15-7-5-14(6-8-15)16-3-2-4-17(9-16)25(27)34/h2-11,23-24,28,33H,12-13H2,1H3,(H2,27,34)(H,29,30). The molecular formula is C26H24N6O2. The number of rotatable bonds is 4. The number of aliphatic hydroxyl groups excluding tert-OH is 1. The molecule has 0 spiro atoms. The number of fused-ring (bicyclic) bond motifs is 2. The minimum atomic E-state index is -0.830. The summed E-state index contributed by atoms with van der Waals surface area (Å²) in [4.78, 5) is 19.7. The highest BCUT2D eigenvalue weighted by molar-refractivity contribution is 6.05. The molecule has 8 nitrogen and oxygen atoms in total. The number of hydrogen-bond acceptors (Lipinski definition) is 6. The van der Waals surface area contributed by atoms with Gasteiger partial charge in [-0.1, -0.05) is 36.4 Å². The van der Waals surface area contributed by atoms with E-state index in [9.17, 15) is 9.90 Å². The van der Waals surface area contributed by atoms with E-state index >= 15 is 0 Å². The molecule has 1 amide bonds. The van der Waals surface area contributed by atoms with E-state index in [4.69, 9.17) is 10.7 Å². The summed E-state index contributed by atoms with van der Waals surface area (Å²) in [5.74, 6) is 0.239. The molecule has 5 N–H and O–H groups in total. The molecule has 8 heteroatoms. The van der Waals surface area contributed by atoms with E-state index in [1.54, 1.807) is 17.1 Å². The molecule has 2 aliphatic rings. The summed E-state index contributed by atoms with van der Waals surface area (Å²) in [6, 6.07) is 18.8. The zero-order valence-electron chi connectivity index (χ0n) is 18.6. The van der Waals surface area contributed by atoms with Gasteiger partial charge in [0, 0.05) is 31.3 Å². The predicted octanol–water partition coefficient (Wildman–Crippen LogP) is 2.68. The van der Waals surface area contributed by atoms with Crippen LogP contribution in [0.15, 0.2) is 65.8 Å². The zero-order valence-corrected chi connectivity index (χ0v) is 18.6. The first-order valence-corrected chi connectivity index (χ1v) is 11.2. The number of primary amides is 1. The Bertz CT molecular complexity index is 1420. The van der Waals surface area contributed by atoms with Gasteiger partial charge < -0.3 is 21.1 Å². The molecule has 4 aromatic rings. The van der Waals surface area contributed by atoms with Gasteiger partial charge in [-0.15, -0.1) is 0 Å². The van der Waals surface area contributed by atoms with Crippen molar-refractivity contribution in [2.75, 3.05) is 7.05 Å². The molecule has 3 aromatic carbocycles. The van der Waals surface area contributed by atoms with Crippen LogP contribution in [0, 0.1) is 0 Å². The van der Waals surface area contributed by atoms with Crippen molar-refractivity contribution in [3.8, 4) is 11.1 Å². The second kappa shape index (κ2) is 7.79. The lowest BCUT2D eigenvalue weighted by Gasteiger charge is -2.19. The molecular weight excluding hydrogens is 428 g/mol. The van der Waals surface area contributed by atoms with Gasteiger partial charge in [-0.3, -0.25) is 9.80 Å². The summed E-state index contributed by atoms with van der Waals surface area (Å²) >= 11 is 0. The number of hydrogen-bond donors (Lipinski definition) is 4. The van der Waals surface area contributed by atoms with Crippen LogP contribution in [0.4, 0.5) is 0 Å². The molecule has 1 aromatic heterocycles. The number of aliphatic hydroxyl groups is 1. The van der Waals surface area contributed by atoms with Crippen molar-refractivity contribution in [3.63, 3.8) is 0 Å². The van der Waals surface area contributed by atoms with Crippen LogP contribution in [0.5, 0.6) is 0 Å². The third kappa shape index (κ3) is 3.35. The Labute approximate surface area is 196 Å². The third-order valence-electron chi connectivity index (χ3n) is 6.64. The number of nitrogens with one attached hydrogen (secondary N) is 2. The molecule has 0 fully saturated rings. The number of likely N-dealkylation sites (N-methyl/N-ethyl adjacent to an activating group) is 1. The molecule has 170 valence electrons. The number of carbonyl (C=O) groups is 1. The van der Waals surface area contributed by atoms with Gasteiger partial charge in [0.15, 0.2) is 0 Å². The monoisotopic (exact) mass is 452 g/mol. The first-order valence-electron chi connectivity index (χ1n) is 11.2. The molecule has 0 radical (unpaired) electrons. The number of nitrogens with zero attached hydrogens (tertiary/aromatic N) is 3. The fraction of sp³-hybridized carbons (Fsp3) is 0.192. The maximum Gasteiger partial charge on any atom is 0.248 e. The molecule has 0 saturated carbocycles. The lowest BCUT2D eigenvalue weighted by atomic mass is 9.97. The first kappa shape index (κ1) is 20.6. The molecule has 0 saturated heterocycles. The van der Waals surface area contributed by atoms with Crippen LogP contribution >= 0.6 is 0 Å². The van der Waals surface area contributed by atoms with E-state index in [-0.39, 0.29) is 0 Å². The first-order chi connectivity index (χ1) is 16.5. The molecule has 34 heavy (non-hydrogen) atoms. The van der Waals surface area contributed by atoms with E-state index in [2.05, 4.69) is 27.5 Å². The smallest absolute Gasteiger partial charge is 0.248 e. The van der Waals surface area contributed by atoms with Crippen LogP contribution < -0.4 is 11.1 Å². The molecule has 0 aliphatic carbocycles. The normalized spacial score (nSPS) is 19.5. The summed E-state index contributed by atoms with van der Waals surface area (Å²) in [6.45, 7) is 1.72. The molecule has 0 bridgehead atoms. The fourth-order valence-corrected chi connectivity index (χ4v) is 4.85. The van der Waals surface area contributed by atoms with Crippen molar-refractivity contribution in [2.45, 2.75) is 25.2 Å². The van der Waals surface area contributed by atoms with Gasteiger partial charge in [0.25, 0.3) is 0 Å². The maximum atomic E-state index is 11.5. The molecule has 2 atom stereocenters. The van der Waals surface area contributed by atoms with Crippen LogP contribution in [-0.2, 0) is 13.1 Å². The average Bonchev–Trinajstić information content (AvgIpc) is 3.53. The minimum Gasteiger partial charge on any atom is -0.384 e. The number of amides is 1. The highest BCUT2D eigenvalue weighted by Gasteiger charge is 2.38. The van der Waals surface area contributed by atoms with Crippen LogP contribution in [0.25, 0.3) is 22.2 Å². The topological polar surface area (TPSA) is 120 Å². The number of nitrogens with two attached hydrogens (primary N) is 1. The summed E-state index contributed by atoms with van der Waals surface area (Å²) in [7, 11) is 1.85. The highest BCUT2D eigenvalue weighted by Crippen LogP contribution is 2.33. The second-order valence-corrected chi connectivity index (χ2v) is 8.83. The Morgan fingerprint density at radius 2 is 1.76 bits per heavy atom. The second-order valence-electron chi connectivity index (χ2n) is 8.83. The Balaban J connectivity index is 1.27. The average molecular weight is 453 g/mol. The predicted molar refractivity (Wildman–Crippen MR) is 130 cm³/mol. The van der Waals surface area contributed by atoms with Gasteiger partial charge in [-0.25, -0.2) is 4.98 Å². The lowest BCUT2D eigenvalue weighted by molar-refractivity contribution is 0.1000. The van der Waals surface area contributed by atoms with Crippen LogP contribution in [0.2, 0.25) is 0 Å². The van der Waals surface area contributed by atoms with E-state index in [0.717, 1.165) is 40.8 Å². The fourth-order valence-electron chi connectivity index (χ4n) is 4.85. The molecule has 6 rings (SSSR count). The van der Waals surface area contributed by atoms with Crippen molar-refractivity contribution in [1.82, 2.24) is 20.3 Å². The van der Waals surface area contributed by atoms with Gasteiger partial charge in [0.1, 0.15) is 18.0 Å². The van der Waals surface area contributed by atoms with E-state index in [1.807, 2.05) is 43.4 Å². The van der Waals surface area contributed by atoms with Crippen molar-refractivity contribution in [2.24, 2.45) is 10.8 Å². The number of imidazole rings is 1. The number of H-pyrrole nitrogens is 1. The lowest BCUT2D eigenvalue weighted by Crippen LogP contribution is -2.29. The SMILES string of the molecule is CN1N=C(c2ccc(-c3cccc(C(N)=O)c3)cc2)C(O)C1c1nc2cc3c(cc2[nH]1)CNC3. The van der Waals surface area contributed by atoms with Gasteiger partial charge >= 0.3 is 0 Å². The summed E-state index contributed by atoms with van der Waals surface area (Å²) in [6.07, 6.45) is -0.830. The number of aromatic amines is 1. The van der Waals surface area contributed by atoms with Crippen molar-refractivity contribution in [1.29, 1.82) is 0 Å². The zero-order chi connectivity index (χ0) is 23.4. The summed E-state index contributed by atoms with van der Waals surface area (Å²) < 4.78 is 0. The molecule has 3 heterocycles. The van der Waals surface area contributed by atoms with Crippen molar-refractivity contribution >= 4 is 22.7 Å². The van der Waals surface area contributed by atoms with Gasteiger partial charge in [-0.05, 0) is 46.5 Å². The minimum absolute atomic E-state index is 0.401.